The van der Waals surface area contributed by atoms with E-state index in [1.165, 1.54) is 7.11 Å². The van der Waals surface area contributed by atoms with Crippen molar-refractivity contribution in [3.05, 3.63) is 59.1 Å². The van der Waals surface area contributed by atoms with Gasteiger partial charge >= 0.3 is 0 Å². The first-order valence-electron chi connectivity index (χ1n) is 6.46. The van der Waals surface area contributed by atoms with Crippen LogP contribution in [0.4, 0.5) is 5.69 Å². The molecule has 110 valence electrons. The topological polar surface area (TPSA) is 38.3 Å². The van der Waals surface area contributed by atoms with Gasteiger partial charge in [0.15, 0.2) is 0 Å². The van der Waals surface area contributed by atoms with E-state index in [9.17, 15) is 4.79 Å². The molecule has 0 spiro atoms. The zero-order valence-corrected chi connectivity index (χ0v) is 13.2. The van der Waals surface area contributed by atoms with Crippen molar-refractivity contribution in [3.8, 4) is 5.75 Å². The van der Waals surface area contributed by atoms with Crippen LogP contribution in [0.15, 0.2) is 48.5 Å². The van der Waals surface area contributed by atoms with Crippen LogP contribution in [0.3, 0.4) is 0 Å². The highest BCUT2D eigenvalue weighted by Gasteiger charge is 2.15. The van der Waals surface area contributed by atoms with Gasteiger partial charge in [0.1, 0.15) is 5.75 Å². The van der Waals surface area contributed by atoms with E-state index >= 15 is 0 Å². The van der Waals surface area contributed by atoms with Crippen molar-refractivity contribution < 1.29 is 9.53 Å². The van der Waals surface area contributed by atoms with Gasteiger partial charge in [-0.3, -0.25) is 4.79 Å². The molecule has 0 aliphatic carbocycles. The van der Waals surface area contributed by atoms with Gasteiger partial charge in [-0.05, 0) is 24.1 Å². The van der Waals surface area contributed by atoms with Gasteiger partial charge in [0.25, 0.3) is 0 Å². The molecular weight excluding hydrogens is 306 g/mol. The average Bonchev–Trinajstić information content (AvgIpc) is 2.50. The van der Waals surface area contributed by atoms with Gasteiger partial charge in [-0.25, -0.2) is 0 Å². The third-order valence-electron chi connectivity index (χ3n) is 2.99. The Kier molecular flexibility index (Phi) is 5.53. The molecule has 5 heteroatoms. The van der Waals surface area contributed by atoms with Crippen LogP contribution >= 0.6 is 24.2 Å². The average molecular weight is 322 g/mol. The highest BCUT2D eigenvalue weighted by atomic mass is 35.5. The van der Waals surface area contributed by atoms with Gasteiger partial charge in [-0.15, -0.1) is 0 Å². The van der Waals surface area contributed by atoms with Gasteiger partial charge in [0.2, 0.25) is 5.91 Å². The van der Waals surface area contributed by atoms with E-state index in [4.69, 9.17) is 16.3 Å². The number of nitrogens with one attached hydrogen (secondary N) is 1. The fourth-order valence-corrected chi connectivity index (χ4v) is 2.36. The largest absolute Gasteiger partial charge is 0.495 e. The van der Waals surface area contributed by atoms with Crippen LogP contribution in [0.5, 0.6) is 5.75 Å². The van der Waals surface area contributed by atoms with Gasteiger partial charge in [-0.2, -0.15) is 12.6 Å². The predicted molar refractivity (Wildman–Crippen MR) is 89.6 cm³/mol. The summed E-state index contributed by atoms with van der Waals surface area (Å²) in [7, 11) is 1.53. The normalized spacial score (nSPS) is 11.8. The van der Waals surface area contributed by atoms with Gasteiger partial charge in [-0.1, -0.05) is 41.9 Å². The third kappa shape index (κ3) is 4.41. The van der Waals surface area contributed by atoms with Crippen LogP contribution in [0.25, 0.3) is 0 Å². The van der Waals surface area contributed by atoms with E-state index in [-0.39, 0.29) is 5.91 Å². The maximum absolute atomic E-state index is 12.1. The minimum Gasteiger partial charge on any atom is -0.495 e. The van der Waals surface area contributed by atoms with Gasteiger partial charge in [0.05, 0.1) is 17.4 Å². The Morgan fingerprint density at radius 1 is 1.29 bits per heavy atom. The maximum Gasteiger partial charge on any atom is 0.237 e. The molecule has 1 amide bonds. The lowest BCUT2D eigenvalue weighted by Crippen LogP contribution is -2.25. The summed E-state index contributed by atoms with van der Waals surface area (Å²) in [6.45, 7) is 0. The number of hydrogen-bond donors (Lipinski definition) is 2. The molecule has 0 aliphatic heterocycles. The number of anilines is 1. The van der Waals surface area contributed by atoms with Crippen LogP contribution in [0, 0.1) is 0 Å². The number of rotatable bonds is 5. The summed E-state index contributed by atoms with van der Waals surface area (Å²) < 4.78 is 5.12. The number of ether oxygens (including phenoxy) is 1. The van der Waals surface area contributed by atoms with Crippen molar-refractivity contribution in [3.63, 3.8) is 0 Å². The smallest absolute Gasteiger partial charge is 0.237 e. The Morgan fingerprint density at radius 3 is 2.67 bits per heavy atom. The van der Waals surface area contributed by atoms with Gasteiger partial charge in [0, 0.05) is 11.8 Å². The molecule has 21 heavy (non-hydrogen) atoms. The molecule has 1 atom stereocenters. The molecule has 2 aromatic carbocycles. The summed E-state index contributed by atoms with van der Waals surface area (Å²) in [4.78, 5) is 12.1. The first-order chi connectivity index (χ1) is 10.1. The molecule has 0 aromatic heterocycles. The Morgan fingerprint density at radius 2 is 2.00 bits per heavy atom. The predicted octanol–water partition coefficient (Wildman–Crippen LogP) is 3.83. The Bertz CT molecular complexity index is 619. The van der Waals surface area contributed by atoms with E-state index in [2.05, 4.69) is 17.9 Å². The Hall–Kier alpha value is -1.65. The second kappa shape index (κ2) is 7.38. The second-order valence-electron chi connectivity index (χ2n) is 4.54. The summed E-state index contributed by atoms with van der Waals surface area (Å²) in [5.41, 5.74) is 1.70. The summed E-state index contributed by atoms with van der Waals surface area (Å²) >= 11 is 10.3. The molecule has 0 bridgehead atoms. The first kappa shape index (κ1) is 15.7. The van der Waals surface area contributed by atoms with Crippen LogP contribution in [-0.4, -0.2) is 18.3 Å². The summed E-state index contributed by atoms with van der Waals surface area (Å²) in [5, 5.41) is 2.89. The van der Waals surface area contributed by atoms with Crippen molar-refractivity contribution in [1.29, 1.82) is 0 Å². The molecule has 1 N–H and O–H groups in total. The fraction of sp³-hybridized carbons (Fsp3) is 0.188. The van der Waals surface area contributed by atoms with Crippen molar-refractivity contribution in [1.82, 2.24) is 0 Å². The molecule has 0 radical (unpaired) electrons. The minimum atomic E-state index is -0.422. The van der Waals surface area contributed by atoms with E-state index in [1.807, 2.05) is 30.3 Å². The van der Waals surface area contributed by atoms with Crippen LogP contribution in [-0.2, 0) is 11.2 Å². The Balaban J connectivity index is 2.00. The summed E-state index contributed by atoms with van der Waals surface area (Å²) in [6, 6.07) is 14.9. The molecule has 3 nitrogen and oxygen atoms in total. The fourth-order valence-electron chi connectivity index (χ4n) is 1.89. The van der Waals surface area contributed by atoms with Crippen molar-refractivity contribution in [2.75, 3.05) is 12.4 Å². The van der Waals surface area contributed by atoms with E-state index in [0.29, 0.717) is 22.9 Å². The maximum atomic E-state index is 12.1. The lowest BCUT2D eigenvalue weighted by Gasteiger charge is -2.13. The van der Waals surface area contributed by atoms with Crippen LogP contribution < -0.4 is 10.1 Å². The second-order valence-corrected chi connectivity index (χ2v) is 5.57. The minimum absolute atomic E-state index is 0.161. The third-order valence-corrected chi connectivity index (χ3v) is 3.72. The number of thiol groups is 1. The summed E-state index contributed by atoms with van der Waals surface area (Å²) in [6.07, 6.45) is 0.570. The van der Waals surface area contributed by atoms with Crippen LogP contribution in [0.1, 0.15) is 5.56 Å². The summed E-state index contributed by atoms with van der Waals surface area (Å²) in [5.74, 6) is 0.361. The molecule has 1 unspecified atom stereocenters. The zero-order valence-electron chi connectivity index (χ0n) is 11.5. The molecule has 0 aliphatic rings. The quantitative estimate of drug-likeness (QED) is 0.821. The number of halogens is 1. The van der Waals surface area contributed by atoms with E-state index in [1.54, 1.807) is 18.2 Å². The highest BCUT2D eigenvalue weighted by Crippen LogP contribution is 2.27. The molecule has 0 heterocycles. The van der Waals surface area contributed by atoms with Crippen LogP contribution in [0.2, 0.25) is 5.02 Å². The van der Waals surface area contributed by atoms with Crippen molar-refractivity contribution in [2.24, 2.45) is 0 Å². The monoisotopic (exact) mass is 321 g/mol. The zero-order chi connectivity index (χ0) is 15.2. The number of methoxy groups -OCH3 is 1. The van der Waals surface area contributed by atoms with Crippen molar-refractivity contribution in [2.45, 2.75) is 11.7 Å². The number of hydrogen-bond acceptors (Lipinski definition) is 3. The lowest BCUT2D eigenvalue weighted by molar-refractivity contribution is -0.115. The highest BCUT2D eigenvalue weighted by molar-refractivity contribution is 7.81. The standard InChI is InChI=1S/C16H16ClNO2S/c1-20-14-10-12(7-8-13(14)17)18-16(19)15(21)9-11-5-3-2-4-6-11/h2-8,10,15,21H,9H2,1H3,(H,18,19). The number of carbonyl (C=O) groups is 1. The van der Waals surface area contributed by atoms with E-state index < -0.39 is 5.25 Å². The molecule has 2 aromatic rings. The number of amides is 1. The molecule has 0 saturated carbocycles. The number of carbonyl (C=O) groups excluding carboxylic acids is 1. The molecule has 0 saturated heterocycles. The first-order valence-corrected chi connectivity index (χ1v) is 7.36. The lowest BCUT2D eigenvalue weighted by atomic mass is 10.1. The van der Waals surface area contributed by atoms with Gasteiger partial charge < -0.3 is 10.1 Å². The Labute approximate surface area is 134 Å². The molecule has 0 fully saturated rings. The molecular formula is C16H16ClNO2S. The molecule has 2 rings (SSSR count). The number of benzene rings is 2. The SMILES string of the molecule is COc1cc(NC(=O)C(S)Cc2ccccc2)ccc1Cl. The van der Waals surface area contributed by atoms with E-state index in [0.717, 1.165) is 5.56 Å². The van der Waals surface area contributed by atoms with Crippen molar-refractivity contribution >= 4 is 35.8 Å².